The van der Waals surface area contributed by atoms with Crippen LogP contribution >= 0.6 is 23.4 Å². The van der Waals surface area contributed by atoms with E-state index in [1.807, 2.05) is 6.07 Å². The van der Waals surface area contributed by atoms with Crippen molar-refractivity contribution < 1.29 is 29.2 Å². The Hall–Kier alpha value is -6.24. The molecule has 5 rings (SSSR count). The van der Waals surface area contributed by atoms with Crippen LogP contribution in [0, 0.1) is 10.1 Å². The number of carbonyl (C=O) groups is 4. The van der Waals surface area contributed by atoms with Crippen molar-refractivity contribution in [1.29, 1.82) is 0 Å². The Bertz CT molecular complexity index is 2090. The lowest BCUT2D eigenvalue weighted by Crippen LogP contribution is -2.30. The topological polar surface area (TPSA) is 168 Å². The lowest BCUT2D eigenvalue weighted by Gasteiger charge is -2.18. The molecule has 5 aromatic rings. The monoisotopic (exact) mass is 706 g/mol. The van der Waals surface area contributed by atoms with E-state index in [1.54, 1.807) is 84.9 Å². The van der Waals surface area contributed by atoms with Crippen LogP contribution in [0.2, 0.25) is 5.02 Å². The van der Waals surface area contributed by atoms with E-state index in [2.05, 4.69) is 16.0 Å². The van der Waals surface area contributed by atoms with E-state index in [0.717, 1.165) is 0 Å². The molecule has 5 aromatic carbocycles. The van der Waals surface area contributed by atoms with Crippen molar-refractivity contribution in [1.82, 2.24) is 5.32 Å². The molecule has 250 valence electrons. The number of halogens is 1. The maximum Gasteiger partial charge on any atom is 0.335 e. The molecule has 0 spiro atoms. The number of nitro groups is 1. The summed E-state index contributed by atoms with van der Waals surface area (Å²) in [5, 5.41) is 28.4. The van der Waals surface area contributed by atoms with Gasteiger partial charge in [-0.25, -0.2) is 4.79 Å². The molecule has 0 bridgehead atoms. The highest BCUT2D eigenvalue weighted by Gasteiger charge is 2.24. The Labute approximate surface area is 295 Å². The number of anilines is 2. The van der Waals surface area contributed by atoms with Crippen LogP contribution in [-0.4, -0.2) is 33.7 Å². The Morgan fingerprint density at radius 1 is 0.780 bits per heavy atom. The van der Waals surface area contributed by atoms with Crippen LogP contribution < -0.4 is 16.0 Å². The van der Waals surface area contributed by atoms with Gasteiger partial charge in [-0.15, -0.1) is 11.8 Å². The second-order valence-corrected chi connectivity index (χ2v) is 12.2. The summed E-state index contributed by atoms with van der Waals surface area (Å²) in [7, 11) is 0. The van der Waals surface area contributed by atoms with Crippen molar-refractivity contribution in [3.63, 3.8) is 0 Å². The van der Waals surface area contributed by atoms with Gasteiger partial charge in [-0.2, -0.15) is 0 Å². The van der Waals surface area contributed by atoms with E-state index < -0.39 is 33.9 Å². The molecule has 4 N–H and O–H groups in total. The predicted octanol–water partition coefficient (Wildman–Crippen LogP) is 7.83. The van der Waals surface area contributed by atoms with E-state index in [4.69, 9.17) is 11.6 Å². The molecule has 1 unspecified atom stereocenters. The Morgan fingerprint density at radius 3 is 2.08 bits per heavy atom. The zero-order valence-electron chi connectivity index (χ0n) is 25.9. The van der Waals surface area contributed by atoms with Crippen LogP contribution in [-0.2, 0) is 9.59 Å². The summed E-state index contributed by atoms with van der Waals surface area (Å²) in [6.07, 6.45) is 1.24. The predicted molar refractivity (Wildman–Crippen MR) is 192 cm³/mol. The number of nitrogens with one attached hydrogen (secondary N) is 3. The second kappa shape index (κ2) is 16.2. The summed E-state index contributed by atoms with van der Waals surface area (Å²) in [4.78, 5) is 63.2. The molecule has 1 atom stereocenters. The lowest BCUT2D eigenvalue weighted by atomic mass is 10.1. The number of carboxylic acid groups (broad SMARTS) is 1. The number of hydrogen-bond donors (Lipinski definition) is 4. The normalized spacial score (nSPS) is 11.6. The first kappa shape index (κ1) is 35.1. The molecule has 0 aliphatic carbocycles. The highest BCUT2D eigenvalue weighted by molar-refractivity contribution is 8.00. The van der Waals surface area contributed by atoms with Gasteiger partial charge in [0, 0.05) is 22.2 Å². The van der Waals surface area contributed by atoms with Crippen LogP contribution in [0.15, 0.2) is 138 Å². The molecular formula is C37H27ClN4O7S. The molecule has 0 saturated carbocycles. The Morgan fingerprint density at radius 2 is 1.42 bits per heavy atom. The number of nitrogens with zero attached hydrogens (tertiary/aromatic N) is 1. The van der Waals surface area contributed by atoms with Gasteiger partial charge in [0.1, 0.15) is 10.9 Å². The van der Waals surface area contributed by atoms with E-state index in [1.165, 1.54) is 54.2 Å². The Kier molecular flexibility index (Phi) is 11.4. The van der Waals surface area contributed by atoms with Gasteiger partial charge in [0.2, 0.25) is 5.91 Å². The van der Waals surface area contributed by atoms with Crippen molar-refractivity contribution in [3.05, 3.63) is 170 Å². The van der Waals surface area contributed by atoms with Gasteiger partial charge in [0.15, 0.2) is 0 Å². The number of carbonyl (C=O) groups excluding carboxylic acids is 3. The van der Waals surface area contributed by atoms with Crippen LogP contribution in [0.4, 0.5) is 17.1 Å². The lowest BCUT2D eigenvalue weighted by molar-refractivity contribution is -0.385. The van der Waals surface area contributed by atoms with Gasteiger partial charge < -0.3 is 21.1 Å². The van der Waals surface area contributed by atoms with Crippen molar-refractivity contribution in [2.24, 2.45) is 0 Å². The smallest absolute Gasteiger partial charge is 0.335 e. The minimum Gasteiger partial charge on any atom is -0.478 e. The van der Waals surface area contributed by atoms with E-state index in [9.17, 15) is 34.4 Å². The first-order chi connectivity index (χ1) is 24.1. The fraction of sp³-hybridized carbons (Fsp3) is 0.0270. The van der Waals surface area contributed by atoms with Gasteiger partial charge in [0.25, 0.3) is 17.5 Å². The number of amides is 3. The third-order valence-electron chi connectivity index (χ3n) is 7.14. The average molecular weight is 707 g/mol. The molecule has 0 fully saturated rings. The van der Waals surface area contributed by atoms with Crippen LogP contribution in [0.1, 0.15) is 37.1 Å². The molecule has 3 amide bonds. The summed E-state index contributed by atoms with van der Waals surface area (Å²) in [5.41, 5.74) is 1.07. The summed E-state index contributed by atoms with van der Waals surface area (Å²) in [6.45, 7) is 0. The fourth-order valence-electron chi connectivity index (χ4n) is 4.68. The molecule has 0 saturated heterocycles. The minimum atomic E-state index is -1.17. The van der Waals surface area contributed by atoms with E-state index in [-0.39, 0.29) is 38.8 Å². The number of hydrogen-bond acceptors (Lipinski definition) is 7. The van der Waals surface area contributed by atoms with E-state index in [0.29, 0.717) is 16.1 Å². The largest absolute Gasteiger partial charge is 0.478 e. The maximum absolute atomic E-state index is 13.6. The van der Waals surface area contributed by atoms with Crippen molar-refractivity contribution in [3.8, 4) is 0 Å². The number of benzene rings is 5. The molecule has 0 aliphatic rings. The fourth-order valence-corrected chi connectivity index (χ4v) is 5.87. The van der Waals surface area contributed by atoms with Gasteiger partial charge in [-0.05, 0) is 72.3 Å². The molecule has 11 nitrogen and oxygen atoms in total. The maximum atomic E-state index is 13.6. The summed E-state index contributed by atoms with van der Waals surface area (Å²) < 4.78 is 0. The van der Waals surface area contributed by atoms with Gasteiger partial charge in [0.05, 0.1) is 26.8 Å². The molecule has 50 heavy (non-hydrogen) atoms. The third kappa shape index (κ3) is 9.01. The molecule has 13 heteroatoms. The number of carboxylic acids is 1. The highest BCUT2D eigenvalue weighted by Crippen LogP contribution is 2.37. The first-order valence-electron chi connectivity index (χ1n) is 14.9. The minimum absolute atomic E-state index is 0.0362. The Balaban J connectivity index is 1.37. The quantitative estimate of drug-likeness (QED) is 0.0441. The second-order valence-electron chi connectivity index (χ2n) is 10.6. The van der Waals surface area contributed by atoms with Gasteiger partial charge in [-0.3, -0.25) is 24.5 Å². The van der Waals surface area contributed by atoms with E-state index >= 15 is 0 Å². The molecular weight excluding hydrogens is 680 g/mol. The summed E-state index contributed by atoms with van der Waals surface area (Å²) in [5.74, 6) is -2.92. The van der Waals surface area contributed by atoms with Crippen LogP contribution in [0.3, 0.4) is 0 Å². The van der Waals surface area contributed by atoms with Crippen molar-refractivity contribution in [2.75, 3.05) is 10.6 Å². The number of thioether (sulfide) groups is 1. The third-order valence-corrected chi connectivity index (χ3v) is 8.74. The summed E-state index contributed by atoms with van der Waals surface area (Å²) >= 11 is 7.47. The molecule has 0 aliphatic heterocycles. The van der Waals surface area contributed by atoms with Crippen LogP contribution in [0.5, 0.6) is 0 Å². The summed E-state index contributed by atoms with van der Waals surface area (Å²) in [6, 6.07) is 33.6. The number of nitro benzene ring substituents is 1. The standard InChI is InChI=1S/C37H27ClN4O7S/c38-29-20-15-26(37(46)47)22-30(29)40-36(45)33(23-9-3-1-4-10-23)50-28-18-16-27(17-19-28)39-35(44)31(41-34(43)24-11-5-2-6-12-24)21-25-13-7-8-14-32(25)42(48)49/h1-22,33H,(H,39,44)(H,40,45)(H,41,43)(H,46,47)/b31-21-. The SMILES string of the molecule is O=C(Nc1ccc(SC(C(=O)Nc2cc(C(=O)O)ccc2Cl)c2ccccc2)cc1)/C(=C/c1ccccc1[N+](=O)[O-])NC(=O)c1ccccc1. The number of aromatic carboxylic acids is 1. The average Bonchev–Trinajstić information content (AvgIpc) is 3.12. The molecule has 0 heterocycles. The highest BCUT2D eigenvalue weighted by atomic mass is 35.5. The van der Waals surface area contributed by atoms with Gasteiger partial charge in [-0.1, -0.05) is 72.3 Å². The number of para-hydroxylation sites is 1. The molecule has 0 aromatic heterocycles. The van der Waals surface area contributed by atoms with Crippen molar-refractivity contribution in [2.45, 2.75) is 10.1 Å². The van der Waals surface area contributed by atoms with Crippen molar-refractivity contribution >= 4 is 70.2 Å². The zero-order valence-corrected chi connectivity index (χ0v) is 27.5. The zero-order chi connectivity index (χ0) is 35.6. The van der Waals surface area contributed by atoms with Gasteiger partial charge >= 0.3 is 5.97 Å². The first-order valence-corrected chi connectivity index (χ1v) is 16.1. The molecule has 0 radical (unpaired) electrons. The number of rotatable bonds is 12. The van der Waals surface area contributed by atoms with Crippen LogP contribution in [0.25, 0.3) is 6.08 Å².